The molecule has 2 aliphatic rings. The number of rotatable bonds is 7. The molecule has 4 heterocycles. The average molecular weight is 559 g/mol. The minimum Gasteiger partial charge on any atom is -0.345 e. The van der Waals surface area contributed by atoms with Crippen LogP contribution in [-0.2, 0) is 10.2 Å². The van der Waals surface area contributed by atoms with Gasteiger partial charge < -0.3 is 4.98 Å². The molecule has 1 atom stereocenters. The maximum absolute atomic E-state index is 15.5. The first kappa shape index (κ1) is 24.8. The molecule has 1 saturated carbocycles. The highest BCUT2D eigenvalue weighted by Crippen LogP contribution is 2.38. The van der Waals surface area contributed by atoms with E-state index >= 15 is 4.39 Å². The van der Waals surface area contributed by atoms with Crippen molar-refractivity contribution in [2.75, 3.05) is 17.8 Å². The lowest BCUT2D eigenvalue weighted by Gasteiger charge is -2.18. The third-order valence-corrected chi connectivity index (χ3v) is 8.39. The number of benzene rings is 1. The summed E-state index contributed by atoms with van der Waals surface area (Å²) in [5, 5.41) is 0.384. The molecule has 2 fully saturated rings. The Hall–Kier alpha value is -3.48. The molecule has 4 aromatic rings. The van der Waals surface area contributed by atoms with Crippen LogP contribution >= 0.6 is 11.6 Å². The Balaban J connectivity index is 1.33. The molecule has 6 rings (SSSR count). The van der Waals surface area contributed by atoms with Crippen molar-refractivity contribution in [1.29, 1.82) is 0 Å². The van der Waals surface area contributed by atoms with Gasteiger partial charge in [0, 0.05) is 70.9 Å². The summed E-state index contributed by atoms with van der Waals surface area (Å²) in [6.07, 6.45) is 7.37. The van der Waals surface area contributed by atoms with Crippen LogP contribution in [0.15, 0.2) is 43.0 Å². The molecule has 0 unspecified atom stereocenters. The molecule has 1 aromatic carbocycles. The predicted octanol–water partition coefficient (Wildman–Crippen LogP) is 4.62. The van der Waals surface area contributed by atoms with E-state index in [0.29, 0.717) is 28.1 Å². The second-order valence-corrected chi connectivity index (χ2v) is 11.5. The number of ketones is 1. The van der Waals surface area contributed by atoms with Gasteiger partial charge in [-0.25, -0.2) is 23.7 Å². The van der Waals surface area contributed by atoms with Crippen molar-refractivity contribution in [2.45, 2.75) is 31.4 Å². The minimum absolute atomic E-state index is 0.0382. The second kappa shape index (κ2) is 9.37. The highest BCUT2D eigenvalue weighted by atomic mass is 35.5. The van der Waals surface area contributed by atoms with Crippen molar-refractivity contribution in [3.8, 4) is 11.1 Å². The molecule has 9 nitrogen and oxygen atoms in total. The Morgan fingerprint density at radius 2 is 1.79 bits per heavy atom. The first-order valence-corrected chi connectivity index (χ1v) is 13.8. The van der Waals surface area contributed by atoms with Gasteiger partial charge in [0.2, 0.25) is 0 Å². The standard InChI is InChI=1S/C25H21ClF2N6O3S/c26-16-6-19(22(28)21(7-16)33-38(36,37)34-4-3-17(27)12-34)23(35)20-11-32-25-18(20)5-14(8-31-25)15-9-29-24(30-10-15)13-1-2-13/h5-11,13,17,33H,1-4,12H2,(H,31,32)/t17-/m1/s1. The van der Waals surface area contributed by atoms with E-state index in [-0.39, 0.29) is 30.1 Å². The molecule has 38 heavy (non-hydrogen) atoms. The second-order valence-electron chi connectivity index (χ2n) is 9.42. The molecular formula is C25H21ClF2N6O3S. The minimum atomic E-state index is -4.25. The van der Waals surface area contributed by atoms with Gasteiger partial charge in [-0.05, 0) is 37.5 Å². The largest absolute Gasteiger partial charge is 0.345 e. The fourth-order valence-corrected chi connectivity index (χ4v) is 5.95. The molecule has 0 radical (unpaired) electrons. The van der Waals surface area contributed by atoms with Crippen LogP contribution in [0.4, 0.5) is 14.5 Å². The van der Waals surface area contributed by atoms with Gasteiger partial charge in [-0.1, -0.05) is 11.6 Å². The normalized spacial score (nSPS) is 18.2. The third kappa shape index (κ3) is 4.63. The average Bonchev–Trinajstić information content (AvgIpc) is 3.51. The third-order valence-electron chi connectivity index (χ3n) is 6.68. The quantitative estimate of drug-likeness (QED) is 0.319. The van der Waals surface area contributed by atoms with Crippen LogP contribution < -0.4 is 4.72 Å². The maximum atomic E-state index is 15.5. The lowest BCUT2D eigenvalue weighted by molar-refractivity contribution is 0.103. The Kier molecular flexibility index (Phi) is 6.12. The Bertz CT molecular complexity index is 1670. The number of nitrogens with one attached hydrogen (secondary N) is 2. The van der Waals surface area contributed by atoms with Crippen LogP contribution in [-0.4, -0.2) is 57.7 Å². The van der Waals surface area contributed by atoms with E-state index in [4.69, 9.17) is 11.6 Å². The number of alkyl halides is 1. The first-order valence-electron chi connectivity index (χ1n) is 11.9. The molecule has 1 aliphatic carbocycles. The fourth-order valence-electron chi connectivity index (χ4n) is 4.47. The number of nitrogens with zero attached hydrogens (tertiary/aromatic N) is 4. The number of hydrogen-bond acceptors (Lipinski definition) is 6. The van der Waals surface area contributed by atoms with Gasteiger partial charge in [-0.2, -0.15) is 12.7 Å². The molecule has 1 aliphatic heterocycles. The van der Waals surface area contributed by atoms with E-state index in [1.807, 2.05) is 0 Å². The van der Waals surface area contributed by atoms with E-state index in [1.165, 1.54) is 6.20 Å². The van der Waals surface area contributed by atoms with E-state index in [9.17, 15) is 17.6 Å². The number of pyridine rings is 1. The number of anilines is 1. The molecule has 0 bridgehead atoms. The van der Waals surface area contributed by atoms with Gasteiger partial charge in [0.1, 0.15) is 17.6 Å². The van der Waals surface area contributed by atoms with Crippen molar-refractivity contribution in [3.05, 3.63) is 70.8 Å². The number of carbonyl (C=O) groups is 1. The molecule has 0 amide bonds. The van der Waals surface area contributed by atoms with E-state index in [1.54, 1.807) is 24.7 Å². The lowest BCUT2D eigenvalue weighted by atomic mass is 10.0. The summed E-state index contributed by atoms with van der Waals surface area (Å²) in [4.78, 5) is 29.6. The summed E-state index contributed by atoms with van der Waals surface area (Å²) in [5.74, 6) is -0.601. The van der Waals surface area contributed by atoms with Crippen LogP contribution in [0.3, 0.4) is 0 Å². The van der Waals surface area contributed by atoms with Gasteiger partial charge in [0.15, 0.2) is 11.6 Å². The summed E-state index contributed by atoms with van der Waals surface area (Å²) in [5.41, 5.74) is 0.986. The predicted molar refractivity (Wildman–Crippen MR) is 138 cm³/mol. The van der Waals surface area contributed by atoms with Gasteiger partial charge in [0.05, 0.1) is 11.3 Å². The Morgan fingerprint density at radius 3 is 2.47 bits per heavy atom. The zero-order chi connectivity index (χ0) is 26.6. The summed E-state index contributed by atoms with van der Waals surface area (Å²) in [6.45, 7) is -0.369. The molecular weight excluding hydrogens is 538 g/mol. The summed E-state index contributed by atoms with van der Waals surface area (Å²) in [7, 11) is -4.25. The maximum Gasteiger partial charge on any atom is 0.301 e. The summed E-state index contributed by atoms with van der Waals surface area (Å²) < 4.78 is 57.3. The molecule has 3 aromatic heterocycles. The zero-order valence-electron chi connectivity index (χ0n) is 19.8. The van der Waals surface area contributed by atoms with Crippen molar-refractivity contribution in [1.82, 2.24) is 24.2 Å². The van der Waals surface area contributed by atoms with Crippen LogP contribution in [0, 0.1) is 5.82 Å². The van der Waals surface area contributed by atoms with Crippen molar-refractivity contribution in [3.63, 3.8) is 0 Å². The molecule has 196 valence electrons. The smallest absolute Gasteiger partial charge is 0.301 e. The Morgan fingerprint density at radius 1 is 1.05 bits per heavy atom. The van der Waals surface area contributed by atoms with Gasteiger partial charge in [0.25, 0.3) is 0 Å². The number of aromatic amines is 1. The topological polar surface area (TPSA) is 121 Å². The highest BCUT2D eigenvalue weighted by molar-refractivity contribution is 7.90. The van der Waals surface area contributed by atoms with Gasteiger partial charge in [-0.15, -0.1) is 0 Å². The molecule has 13 heteroatoms. The van der Waals surface area contributed by atoms with E-state index in [0.717, 1.165) is 35.1 Å². The summed E-state index contributed by atoms with van der Waals surface area (Å²) in [6, 6.07) is 3.92. The SMILES string of the molecule is O=C(c1cc(Cl)cc(NS(=O)(=O)N2CC[C@@H](F)C2)c1F)c1c[nH]c2ncc(-c3cnc(C4CC4)nc3)cc12. The summed E-state index contributed by atoms with van der Waals surface area (Å²) >= 11 is 6.14. The van der Waals surface area contributed by atoms with Crippen LogP contribution in [0.2, 0.25) is 5.02 Å². The molecule has 1 saturated heterocycles. The number of H-pyrrole nitrogens is 1. The van der Waals surface area contributed by atoms with Crippen LogP contribution in [0.1, 0.15) is 46.9 Å². The van der Waals surface area contributed by atoms with Crippen molar-refractivity contribution < 1.29 is 22.0 Å². The highest BCUT2D eigenvalue weighted by Gasteiger charge is 2.33. The number of fused-ring (bicyclic) bond motifs is 1. The van der Waals surface area contributed by atoms with E-state index < -0.39 is 39.2 Å². The number of halogens is 3. The fraction of sp³-hybridized carbons (Fsp3) is 0.280. The van der Waals surface area contributed by atoms with E-state index in [2.05, 4.69) is 24.7 Å². The molecule has 0 spiro atoms. The lowest BCUT2D eigenvalue weighted by Crippen LogP contribution is -2.34. The first-order chi connectivity index (χ1) is 18.2. The number of carbonyl (C=O) groups excluding carboxylic acids is 1. The monoisotopic (exact) mass is 558 g/mol. The van der Waals surface area contributed by atoms with Crippen molar-refractivity contribution in [2.24, 2.45) is 0 Å². The molecule has 2 N–H and O–H groups in total. The van der Waals surface area contributed by atoms with Crippen LogP contribution in [0.25, 0.3) is 22.2 Å². The number of hydrogen-bond donors (Lipinski definition) is 2. The Labute approximate surface area is 221 Å². The number of aromatic nitrogens is 4. The van der Waals surface area contributed by atoms with Crippen molar-refractivity contribution >= 4 is 44.3 Å². The zero-order valence-corrected chi connectivity index (χ0v) is 21.4. The van der Waals surface area contributed by atoms with Gasteiger partial charge in [-0.3, -0.25) is 9.52 Å². The van der Waals surface area contributed by atoms with Gasteiger partial charge >= 0.3 is 10.2 Å². The van der Waals surface area contributed by atoms with Crippen LogP contribution in [0.5, 0.6) is 0 Å².